The van der Waals surface area contributed by atoms with E-state index < -0.39 is 5.60 Å². The van der Waals surface area contributed by atoms with Gasteiger partial charge in [0.15, 0.2) is 11.5 Å². The lowest BCUT2D eigenvalue weighted by Crippen LogP contribution is -2.44. The van der Waals surface area contributed by atoms with E-state index in [1.807, 2.05) is 108 Å². The van der Waals surface area contributed by atoms with Crippen LogP contribution in [0.25, 0.3) is 17.0 Å². The highest BCUT2D eigenvalue weighted by Gasteiger charge is 2.41. The summed E-state index contributed by atoms with van der Waals surface area (Å²) in [7, 11) is 0. The molecule has 0 saturated carbocycles. The molecule has 174 valence electrons. The van der Waals surface area contributed by atoms with E-state index in [9.17, 15) is 5.11 Å². The van der Waals surface area contributed by atoms with Gasteiger partial charge in [-0.25, -0.2) is 0 Å². The van der Waals surface area contributed by atoms with Crippen molar-refractivity contribution in [2.45, 2.75) is 18.4 Å². The molecule has 0 unspecified atom stereocenters. The van der Waals surface area contributed by atoms with Crippen molar-refractivity contribution >= 4 is 11.5 Å². The molecule has 0 aliphatic carbocycles. The van der Waals surface area contributed by atoms with E-state index in [-0.39, 0.29) is 5.92 Å². The molecule has 6 nitrogen and oxygen atoms in total. The minimum atomic E-state index is -1.03. The van der Waals surface area contributed by atoms with Crippen LogP contribution in [0.1, 0.15) is 24.0 Å². The van der Waals surface area contributed by atoms with Crippen LogP contribution in [-0.2, 0) is 5.60 Å². The third-order valence-corrected chi connectivity index (χ3v) is 7.12. The first-order chi connectivity index (χ1) is 17.2. The summed E-state index contributed by atoms with van der Waals surface area (Å²) in [5, 5.41) is 25.7. The predicted octanol–water partition coefficient (Wildman–Crippen LogP) is 4.94. The van der Waals surface area contributed by atoms with Gasteiger partial charge in [0, 0.05) is 18.7 Å². The molecule has 0 atom stereocenters. The molecular formula is C29H27N5O. The first kappa shape index (κ1) is 21.5. The van der Waals surface area contributed by atoms with Gasteiger partial charge in [-0.3, -0.25) is 0 Å². The van der Waals surface area contributed by atoms with E-state index in [4.69, 9.17) is 5.10 Å². The lowest BCUT2D eigenvalue weighted by atomic mass is 9.72. The summed E-state index contributed by atoms with van der Waals surface area (Å²) in [6.07, 6.45) is 1.71. The van der Waals surface area contributed by atoms with Crippen LogP contribution in [-0.4, -0.2) is 38.0 Å². The molecule has 1 fully saturated rings. The largest absolute Gasteiger partial charge is 0.380 e. The fraction of sp³-hybridized carbons (Fsp3) is 0.207. The average Bonchev–Trinajstić information content (AvgIpc) is 3.37. The van der Waals surface area contributed by atoms with Crippen molar-refractivity contribution in [3.63, 3.8) is 0 Å². The molecule has 2 aromatic heterocycles. The molecule has 0 spiro atoms. The number of anilines is 1. The van der Waals surface area contributed by atoms with Crippen LogP contribution in [0.5, 0.6) is 0 Å². The Kier molecular flexibility index (Phi) is 5.51. The summed E-state index contributed by atoms with van der Waals surface area (Å²) in [5.74, 6) is 1.73. The number of piperidine rings is 1. The van der Waals surface area contributed by atoms with Gasteiger partial charge in [-0.2, -0.15) is 4.52 Å². The Bertz CT molecular complexity index is 1370. The van der Waals surface area contributed by atoms with Gasteiger partial charge >= 0.3 is 0 Å². The normalized spacial score (nSPS) is 14.9. The molecule has 0 amide bonds. The molecule has 1 N–H and O–H groups in total. The van der Waals surface area contributed by atoms with E-state index >= 15 is 0 Å². The summed E-state index contributed by atoms with van der Waals surface area (Å²) in [4.78, 5) is 2.29. The van der Waals surface area contributed by atoms with Crippen molar-refractivity contribution in [3.05, 3.63) is 114 Å². The third kappa shape index (κ3) is 3.86. The summed E-state index contributed by atoms with van der Waals surface area (Å²) in [6.45, 7) is 1.63. The van der Waals surface area contributed by atoms with Gasteiger partial charge < -0.3 is 10.0 Å². The Hall–Kier alpha value is -4.03. The van der Waals surface area contributed by atoms with Crippen LogP contribution in [0.15, 0.2) is 103 Å². The zero-order valence-corrected chi connectivity index (χ0v) is 19.4. The lowest BCUT2D eigenvalue weighted by Gasteiger charge is -2.42. The first-order valence-electron chi connectivity index (χ1n) is 12.1. The third-order valence-electron chi connectivity index (χ3n) is 7.12. The average molecular weight is 462 g/mol. The highest BCUT2D eigenvalue weighted by Crippen LogP contribution is 2.42. The zero-order chi connectivity index (χ0) is 23.7. The molecule has 3 aromatic carbocycles. The van der Waals surface area contributed by atoms with Crippen molar-refractivity contribution in [3.8, 4) is 11.4 Å². The summed E-state index contributed by atoms with van der Waals surface area (Å²) >= 11 is 0. The van der Waals surface area contributed by atoms with Gasteiger partial charge in [0.1, 0.15) is 11.4 Å². The monoisotopic (exact) mass is 461 g/mol. The number of benzene rings is 3. The van der Waals surface area contributed by atoms with Gasteiger partial charge in [0.25, 0.3) is 0 Å². The summed E-state index contributed by atoms with van der Waals surface area (Å²) in [5.41, 5.74) is 2.58. The smallest absolute Gasteiger partial charge is 0.185 e. The van der Waals surface area contributed by atoms with Crippen LogP contribution in [0.2, 0.25) is 0 Å². The number of aliphatic hydroxyl groups is 1. The van der Waals surface area contributed by atoms with Gasteiger partial charge in [0.2, 0.25) is 0 Å². The van der Waals surface area contributed by atoms with E-state index in [1.165, 1.54) is 0 Å². The molecule has 0 radical (unpaired) electrons. The molecule has 5 aromatic rings. The van der Waals surface area contributed by atoms with Crippen LogP contribution < -0.4 is 4.90 Å². The Labute approximate surface area is 204 Å². The molecule has 35 heavy (non-hydrogen) atoms. The fourth-order valence-corrected chi connectivity index (χ4v) is 5.26. The zero-order valence-electron chi connectivity index (χ0n) is 19.4. The maximum atomic E-state index is 12.2. The number of hydrogen-bond acceptors (Lipinski definition) is 5. The highest BCUT2D eigenvalue weighted by molar-refractivity contribution is 5.59. The highest BCUT2D eigenvalue weighted by atomic mass is 16.3. The maximum absolute atomic E-state index is 12.2. The molecule has 1 aliphatic heterocycles. The summed E-state index contributed by atoms with van der Waals surface area (Å²) in [6, 6.07) is 34.1. The fourth-order valence-electron chi connectivity index (χ4n) is 5.26. The van der Waals surface area contributed by atoms with Crippen LogP contribution in [0, 0.1) is 5.92 Å². The molecule has 6 heteroatoms. The van der Waals surface area contributed by atoms with Gasteiger partial charge in [-0.15, -0.1) is 15.3 Å². The van der Waals surface area contributed by atoms with Crippen molar-refractivity contribution in [1.82, 2.24) is 19.8 Å². The number of aromatic nitrogens is 4. The van der Waals surface area contributed by atoms with E-state index in [0.717, 1.165) is 59.9 Å². The second-order valence-corrected chi connectivity index (χ2v) is 9.11. The number of rotatable bonds is 5. The molecule has 6 rings (SSSR count). The second kappa shape index (κ2) is 8.96. The van der Waals surface area contributed by atoms with Crippen molar-refractivity contribution in [1.29, 1.82) is 0 Å². The quantitative estimate of drug-likeness (QED) is 0.401. The minimum Gasteiger partial charge on any atom is -0.380 e. The number of nitrogens with zero attached hydrogens (tertiary/aromatic N) is 5. The minimum absolute atomic E-state index is 0.0991. The van der Waals surface area contributed by atoms with Crippen LogP contribution in [0.3, 0.4) is 0 Å². The second-order valence-electron chi connectivity index (χ2n) is 9.11. The van der Waals surface area contributed by atoms with Gasteiger partial charge in [-0.1, -0.05) is 91.0 Å². The number of hydrogen-bond donors (Lipinski definition) is 1. The molecule has 1 aliphatic rings. The van der Waals surface area contributed by atoms with Gasteiger partial charge in [0.05, 0.1) is 0 Å². The van der Waals surface area contributed by atoms with Crippen molar-refractivity contribution in [2.24, 2.45) is 5.92 Å². The molecule has 3 heterocycles. The van der Waals surface area contributed by atoms with Crippen molar-refractivity contribution < 1.29 is 5.11 Å². The first-order valence-corrected chi connectivity index (χ1v) is 12.1. The topological polar surface area (TPSA) is 66.5 Å². The lowest BCUT2D eigenvalue weighted by molar-refractivity contribution is 0.00499. The SMILES string of the molecule is OC(c1ccccc1)(c1ccccc1)C1CCN(c2ccc3nnc(-c4ccccc4)n3n2)CC1. The summed E-state index contributed by atoms with van der Waals surface area (Å²) < 4.78 is 1.82. The van der Waals surface area contributed by atoms with Crippen LogP contribution in [0.4, 0.5) is 5.82 Å². The number of fused-ring (bicyclic) bond motifs is 1. The molecule has 0 bridgehead atoms. The standard InChI is InChI=1S/C29H27N5O/c35-29(23-12-6-2-7-13-23,24-14-8-3-9-15-24)25-18-20-33(21-19-25)27-17-16-26-30-31-28(34(26)32-27)22-10-4-1-5-11-22/h1-17,25,35H,18-21H2. The van der Waals surface area contributed by atoms with Crippen molar-refractivity contribution in [2.75, 3.05) is 18.0 Å². The molecule has 1 saturated heterocycles. The Morgan fingerprint density at radius 1 is 0.686 bits per heavy atom. The molecular weight excluding hydrogens is 434 g/mol. The van der Waals surface area contributed by atoms with E-state index in [2.05, 4.69) is 15.1 Å². The Morgan fingerprint density at radius 2 is 1.26 bits per heavy atom. The Morgan fingerprint density at radius 3 is 1.86 bits per heavy atom. The predicted molar refractivity (Wildman–Crippen MR) is 137 cm³/mol. The Balaban J connectivity index is 1.28. The van der Waals surface area contributed by atoms with E-state index in [0.29, 0.717) is 0 Å². The maximum Gasteiger partial charge on any atom is 0.185 e. The van der Waals surface area contributed by atoms with Gasteiger partial charge in [-0.05, 0) is 42.0 Å². The van der Waals surface area contributed by atoms with E-state index in [1.54, 1.807) is 0 Å². The van der Waals surface area contributed by atoms with Crippen LogP contribution >= 0.6 is 0 Å².